The van der Waals surface area contributed by atoms with Crippen molar-refractivity contribution in [3.8, 4) is 0 Å². The molecule has 0 spiro atoms. The van der Waals surface area contributed by atoms with Gasteiger partial charge in [-0.15, -0.1) is 0 Å². The highest BCUT2D eigenvalue weighted by Crippen LogP contribution is 2.23. The van der Waals surface area contributed by atoms with Crippen molar-refractivity contribution in [1.82, 2.24) is 29.8 Å². The van der Waals surface area contributed by atoms with Gasteiger partial charge in [0.2, 0.25) is 17.8 Å². The van der Waals surface area contributed by atoms with E-state index >= 15 is 0 Å². The molecule has 11 heteroatoms. The number of fused-ring (bicyclic) bond motifs is 1. The molecule has 40 heavy (non-hydrogen) atoms. The number of benzene rings is 1. The molecule has 2 amide bonds. The fraction of sp³-hybridized carbons (Fsp3) is 0.483. The number of likely N-dealkylation sites (tertiary alicyclic amines) is 1. The number of rotatable bonds is 9. The second-order valence-corrected chi connectivity index (χ2v) is 10.7. The molecule has 3 N–H and O–H groups in total. The van der Waals surface area contributed by atoms with Crippen LogP contribution in [0.25, 0.3) is 5.65 Å². The van der Waals surface area contributed by atoms with Crippen molar-refractivity contribution in [2.24, 2.45) is 0 Å². The van der Waals surface area contributed by atoms with Crippen LogP contribution in [0.5, 0.6) is 0 Å². The lowest BCUT2D eigenvalue weighted by molar-refractivity contribution is -0.127. The number of ether oxygens (including phenoxy) is 1. The first-order chi connectivity index (χ1) is 19.4. The molecule has 5 rings (SSSR count). The molecular weight excluding hydrogens is 508 g/mol. The van der Waals surface area contributed by atoms with Gasteiger partial charge in [-0.25, -0.2) is 0 Å². The van der Waals surface area contributed by atoms with E-state index in [9.17, 15) is 9.59 Å². The van der Waals surface area contributed by atoms with E-state index in [2.05, 4.69) is 41.5 Å². The van der Waals surface area contributed by atoms with Gasteiger partial charge in [-0.1, -0.05) is 32.6 Å². The number of aromatic nitrogens is 4. The number of nitrogens with one attached hydrogen (secondary N) is 3. The normalized spacial score (nSPS) is 18.1. The van der Waals surface area contributed by atoms with Gasteiger partial charge < -0.3 is 25.6 Å². The zero-order chi connectivity index (χ0) is 28.1. The Hall–Kier alpha value is -3.99. The smallest absolute Gasteiger partial charge is 0.251 e. The number of carbonyl (C=O) groups is 2. The second-order valence-electron chi connectivity index (χ2n) is 10.7. The Morgan fingerprint density at radius 3 is 2.77 bits per heavy atom. The van der Waals surface area contributed by atoms with E-state index in [4.69, 9.17) is 14.7 Å². The Labute approximate surface area is 234 Å². The quantitative estimate of drug-likeness (QED) is 0.349. The van der Waals surface area contributed by atoms with Crippen LogP contribution < -0.4 is 16.0 Å². The van der Waals surface area contributed by atoms with Crippen LogP contribution in [-0.2, 0) is 16.1 Å². The molecule has 0 bridgehead atoms. The molecule has 0 radical (unpaired) electrons. The van der Waals surface area contributed by atoms with Gasteiger partial charge in [0.1, 0.15) is 0 Å². The van der Waals surface area contributed by atoms with Crippen molar-refractivity contribution < 1.29 is 14.3 Å². The van der Waals surface area contributed by atoms with Gasteiger partial charge in [-0.2, -0.15) is 19.6 Å². The molecule has 1 aromatic carbocycles. The summed E-state index contributed by atoms with van der Waals surface area (Å²) in [4.78, 5) is 36.3. The Morgan fingerprint density at radius 2 is 2.00 bits per heavy atom. The minimum Gasteiger partial charge on any atom is -0.381 e. The van der Waals surface area contributed by atoms with Crippen LogP contribution in [0.2, 0.25) is 0 Å². The van der Waals surface area contributed by atoms with Crippen LogP contribution in [0.3, 0.4) is 0 Å². The third-order valence-electron chi connectivity index (χ3n) is 7.45. The molecule has 1 unspecified atom stereocenters. The molecule has 2 aliphatic heterocycles. The molecule has 1 atom stereocenters. The monoisotopic (exact) mass is 546 g/mol. The summed E-state index contributed by atoms with van der Waals surface area (Å²) in [5, 5.41) is 14.5. The molecule has 2 saturated heterocycles. The highest BCUT2D eigenvalue weighted by molar-refractivity contribution is 5.94. The molecule has 212 valence electrons. The fourth-order valence-electron chi connectivity index (χ4n) is 5.20. The zero-order valence-corrected chi connectivity index (χ0v) is 23.2. The summed E-state index contributed by atoms with van der Waals surface area (Å²) in [5.74, 6) is 1.15. The van der Waals surface area contributed by atoms with Crippen molar-refractivity contribution in [2.45, 2.75) is 64.1 Å². The summed E-state index contributed by atoms with van der Waals surface area (Å²) in [6.45, 7) is 10.9. The predicted octanol–water partition coefficient (Wildman–Crippen LogP) is 3.36. The summed E-state index contributed by atoms with van der Waals surface area (Å²) in [6, 6.07) is 7.69. The molecule has 2 aromatic heterocycles. The van der Waals surface area contributed by atoms with Crippen molar-refractivity contribution in [3.63, 3.8) is 0 Å². The number of piperidine rings is 1. The Bertz CT molecular complexity index is 1360. The maximum atomic E-state index is 13.1. The third kappa shape index (κ3) is 6.41. The number of hydrogen-bond donors (Lipinski definition) is 3. The first kappa shape index (κ1) is 27.6. The minimum atomic E-state index is -0.152. The number of nitrogens with zero attached hydrogens (tertiary/aromatic N) is 5. The Balaban J connectivity index is 1.29. The number of hydrogen-bond acceptors (Lipinski definition) is 8. The molecule has 0 saturated carbocycles. The number of carbonyl (C=O) groups excluding carboxylic acids is 2. The van der Waals surface area contributed by atoms with Crippen LogP contribution in [-0.4, -0.2) is 74.7 Å². The summed E-state index contributed by atoms with van der Waals surface area (Å²) >= 11 is 0. The van der Waals surface area contributed by atoms with E-state index in [0.29, 0.717) is 37.1 Å². The van der Waals surface area contributed by atoms with Gasteiger partial charge in [-0.05, 0) is 55.4 Å². The summed E-state index contributed by atoms with van der Waals surface area (Å²) < 4.78 is 7.23. The fourth-order valence-corrected chi connectivity index (χ4v) is 5.20. The average molecular weight is 547 g/mol. The van der Waals surface area contributed by atoms with Crippen molar-refractivity contribution >= 4 is 29.4 Å². The van der Waals surface area contributed by atoms with Gasteiger partial charge >= 0.3 is 0 Å². The van der Waals surface area contributed by atoms with Gasteiger partial charge in [0.05, 0.1) is 6.20 Å². The molecule has 2 fully saturated rings. The van der Waals surface area contributed by atoms with Gasteiger partial charge in [0.25, 0.3) is 5.91 Å². The van der Waals surface area contributed by atoms with Crippen LogP contribution in [0.1, 0.15) is 66.9 Å². The van der Waals surface area contributed by atoms with Crippen LogP contribution >= 0.6 is 0 Å². The van der Waals surface area contributed by atoms with E-state index in [-0.39, 0.29) is 29.8 Å². The first-order valence-electron chi connectivity index (χ1n) is 14.1. The summed E-state index contributed by atoms with van der Waals surface area (Å²) in [5.41, 5.74) is 3.32. The van der Waals surface area contributed by atoms with E-state index in [0.717, 1.165) is 55.7 Å². The first-order valence-corrected chi connectivity index (χ1v) is 14.1. The van der Waals surface area contributed by atoms with Crippen LogP contribution in [0.4, 0.5) is 11.9 Å². The van der Waals surface area contributed by atoms with Gasteiger partial charge in [0, 0.05) is 56.1 Å². The standard InChI is InChI=1S/C29H38N8O3/c1-4-25(38)36-12-6-9-23(18-36)32-27(39)21-8-5-7-20(15-21)16-30-29-35-28(33-22-10-13-40-14-11-22)34-26-24(19(2)3)17-31-37(26)29/h4-5,7-8,15,17,19,22-23H,1,6,9-14,16,18H2,2-3H3,(H,32,39)(H2,30,33,34,35). The zero-order valence-electron chi connectivity index (χ0n) is 23.2. The number of amides is 2. The molecule has 3 aromatic rings. The third-order valence-corrected chi connectivity index (χ3v) is 7.45. The van der Waals surface area contributed by atoms with E-state index < -0.39 is 0 Å². The predicted molar refractivity (Wildman–Crippen MR) is 153 cm³/mol. The highest BCUT2D eigenvalue weighted by Gasteiger charge is 2.24. The average Bonchev–Trinajstić information content (AvgIpc) is 3.41. The SMILES string of the molecule is C=CC(=O)N1CCCC(NC(=O)c2cccc(CNc3nc(NC4CCOCC4)nc4c(C(C)C)cnn34)c2)C1. The van der Waals surface area contributed by atoms with E-state index in [1.807, 2.05) is 24.4 Å². The van der Waals surface area contributed by atoms with Crippen LogP contribution in [0.15, 0.2) is 43.1 Å². The molecule has 4 heterocycles. The van der Waals surface area contributed by atoms with Crippen molar-refractivity contribution in [2.75, 3.05) is 36.9 Å². The topological polar surface area (TPSA) is 126 Å². The molecule has 2 aliphatic rings. The Kier molecular flexibility index (Phi) is 8.59. The molecule has 0 aliphatic carbocycles. The van der Waals surface area contributed by atoms with E-state index in [1.54, 1.807) is 15.5 Å². The van der Waals surface area contributed by atoms with Crippen molar-refractivity contribution in [3.05, 3.63) is 59.8 Å². The lowest BCUT2D eigenvalue weighted by Gasteiger charge is -2.32. The number of anilines is 2. The summed E-state index contributed by atoms with van der Waals surface area (Å²) in [6.07, 6.45) is 6.67. The lowest BCUT2D eigenvalue weighted by Crippen LogP contribution is -2.49. The second kappa shape index (κ2) is 12.5. The van der Waals surface area contributed by atoms with Crippen molar-refractivity contribution in [1.29, 1.82) is 0 Å². The largest absolute Gasteiger partial charge is 0.381 e. The van der Waals surface area contributed by atoms with Gasteiger partial charge in [0.15, 0.2) is 5.65 Å². The van der Waals surface area contributed by atoms with Crippen LogP contribution in [0, 0.1) is 0 Å². The minimum absolute atomic E-state index is 0.0853. The molecular formula is C29H38N8O3. The van der Waals surface area contributed by atoms with Gasteiger partial charge in [-0.3, -0.25) is 9.59 Å². The summed E-state index contributed by atoms with van der Waals surface area (Å²) in [7, 11) is 0. The maximum absolute atomic E-state index is 13.1. The lowest BCUT2D eigenvalue weighted by atomic mass is 10.0. The molecule has 11 nitrogen and oxygen atoms in total. The maximum Gasteiger partial charge on any atom is 0.251 e. The Morgan fingerprint density at radius 1 is 1.18 bits per heavy atom. The van der Waals surface area contributed by atoms with E-state index in [1.165, 1.54) is 6.08 Å². The highest BCUT2D eigenvalue weighted by atomic mass is 16.5.